The number of thiazole rings is 1. The Morgan fingerprint density at radius 3 is 2.88 bits per heavy atom. The van der Waals surface area contributed by atoms with E-state index in [0.717, 1.165) is 26.8 Å². The Morgan fingerprint density at radius 1 is 1.24 bits per heavy atom. The number of aromatic nitrogens is 1. The van der Waals surface area contributed by atoms with Crippen molar-refractivity contribution in [2.75, 3.05) is 12.4 Å². The van der Waals surface area contributed by atoms with Crippen molar-refractivity contribution in [3.8, 4) is 11.5 Å². The van der Waals surface area contributed by atoms with Gasteiger partial charge >= 0.3 is 0 Å². The van der Waals surface area contributed by atoms with Gasteiger partial charge in [0.1, 0.15) is 17.1 Å². The van der Waals surface area contributed by atoms with Gasteiger partial charge in [0, 0.05) is 5.69 Å². The molecule has 1 aliphatic rings. The van der Waals surface area contributed by atoms with Crippen LogP contribution in [0.15, 0.2) is 36.4 Å². The van der Waals surface area contributed by atoms with E-state index >= 15 is 0 Å². The van der Waals surface area contributed by atoms with Crippen LogP contribution in [-0.2, 0) is 0 Å². The number of hydrogen-bond acceptors (Lipinski definition) is 6. The summed E-state index contributed by atoms with van der Waals surface area (Å²) in [6, 6.07) is 11.4. The highest BCUT2D eigenvalue weighted by molar-refractivity contribution is 7.22. The number of nitrogens with zero attached hydrogens (tertiary/aromatic N) is 1. The number of hydrogen-bond donors (Lipinski definition) is 1. The zero-order chi connectivity index (χ0) is 17.6. The molecule has 2 heterocycles. The number of carbonyl (C=O) groups is 1. The lowest BCUT2D eigenvalue weighted by Gasteiger charge is -2.31. The molecule has 4 rings (SSSR count). The summed E-state index contributed by atoms with van der Waals surface area (Å²) in [6.07, 6.45) is 0.379. The van der Waals surface area contributed by atoms with Crippen LogP contribution < -0.4 is 14.8 Å². The lowest BCUT2D eigenvalue weighted by molar-refractivity contribution is 0.0620. The number of anilines is 2. The molecule has 0 spiro atoms. The summed E-state index contributed by atoms with van der Waals surface area (Å²) in [5, 5.41) is 4.05. The third kappa shape index (κ3) is 3.05. The van der Waals surface area contributed by atoms with Gasteiger partial charge in [0.2, 0.25) is 0 Å². The zero-order valence-electron chi connectivity index (χ0n) is 14.3. The summed E-state index contributed by atoms with van der Waals surface area (Å²) in [6.45, 7) is 3.85. The van der Waals surface area contributed by atoms with Crippen LogP contribution in [0.3, 0.4) is 0 Å². The van der Waals surface area contributed by atoms with Crippen LogP contribution in [0.4, 0.5) is 10.8 Å². The predicted octanol–water partition coefficient (Wildman–Crippen LogP) is 4.79. The highest BCUT2D eigenvalue weighted by atomic mass is 32.1. The number of fused-ring (bicyclic) bond motifs is 2. The fourth-order valence-electron chi connectivity index (χ4n) is 2.94. The molecule has 1 N–H and O–H groups in total. The smallest absolute Gasteiger partial charge is 0.188 e. The van der Waals surface area contributed by atoms with Gasteiger partial charge in [-0.15, -0.1) is 0 Å². The number of nitrogens with one attached hydrogen (secondary N) is 1. The number of Topliss-reactive ketones (excluding diaryl/α,β-unsaturated/α-hetero) is 1. The number of ketones is 1. The average molecular weight is 354 g/mol. The first-order valence-corrected chi connectivity index (χ1v) is 8.83. The van der Waals surface area contributed by atoms with Crippen molar-refractivity contribution >= 4 is 38.2 Å². The topological polar surface area (TPSA) is 60.5 Å². The van der Waals surface area contributed by atoms with Crippen LogP contribution >= 0.6 is 11.3 Å². The van der Waals surface area contributed by atoms with Crippen molar-refractivity contribution in [1.29, 1.82) is 0 Å². The van der Waals surface area contributed by atoms with Crippen molar-refractivity contribution in [2.24, 2.45) is 0 Å². The van der Waals surface area contributed by atoms with Gasteiger partial charge in [-0.1, -0.05) is 11.3 Å². The molecule has 0 atom stereocenters. The molecule has 2 aromatic carbocycles. The summed E-state index contributed by atoms with van der Waals surface area (Å²) >= 11 is 1.54. The molecular weight excluding hydrogens is 336 g/mol. The van der Waals surface area contributed by atoms with E-state index in [1.165, 1.54) is 0 Å². The molecule has 5 nitrogen and oxygen atoms in total. The monoisotopic (exact) mass is 354 g/mol. The number of benzene rings is 2. The molecule has 0 amide bonds. The van der Waals surface area contributed by atoms with Crippen LogP contribution in [0.5, 0.6) is 11.5 Å². The summed E-state index contributed by atoms with van der Waals surface area (Å²) < 4.78 is 12.2. The molecule has 0 radical (unpaired) electrons. The van der Waals surface area contributed by atoms with Crippen molar-refractivity contribution in [3.05, 3.63) is 42.0 Å². The van der Waals surface area contributed by atoms with Gasteiger partial charge in [0.15, 0.2) is 10.9 Å². The average Bonchev–Trinajstić information content (AvgIpc) is 2.95. The molecule has 0 fully saturated rings. The Kier molecular flexibility index (Phi) is 3.65. The molecule has 0 saturated carbocycles. The summed E-state index contributed by atoms with van der Waals surface area (Å²) in [5.41, 5.74) is 1.89. The van der Waals surface area contributed by atoms with Crippen molar-refractivity contribution in [1.82, 2.24) is 4.98 Å². The van der Waals surface area contributed by atoms with Gasteiger partial charge in [-0.2, -0.15) is 0 Å². The quantitative estimate of drug-likeness (QED) is 0.732. The Balaban J connectivity index is 1.63. The lowest BCUT2D eigenvalue weighted by atomic mass is 9.93. The van der Waals surface area contributed by atoms with Gasteiger partial charge in [-0.05, 0) is 50.2 Å². The summed E-state index contributed by atoms with van der Waals surface area (Å²) in [5.74, 6) is 1.55. The minimum atomic E-state index is -0.453. The van der Waals surface area contributed by atoms with Crippen molar-refractivity contribution in [2.45, 2.75) is 25.9 Å². The Morgan fingerprint density at radius 2 is 2.08 bits per heavy atom. The zero-order valence-corrected chi connectivity index (χ0v) is 15.1. The van der Waals surface area contributed by atoms with E-state index < -0.39 is 5.60 Å². The van der Waals surface area contributed by atoms with E-state index in [1.54, 1.807) is 18.4 Å². The molecule has 1 aromatic heterocycles. The van der Waals surface area contributed by atoms with Crippen LogP contribution in [0, 0.1) is 0 Å². The normalized spacial score (nSPS) is 15.6. The molecule has 0 aliphatic carbocycles. The molecule has 6 heteroatoms. The van der Waals surface area contributed by atoms with Crippen molar-refractivity contribution in [3.63, 3.8) is 0 Å². The van der Waals surface area contributed by atoms with Crippen LogP contribution in [0.25, 0.3) is 10.2 Å². The number of methoxy groups -OCH3 is 1. The largest absolute Gasteiger partial charge is 0.497 e. The SMILES string of the molecule is COc1ccc2nc(Nc3ccc4c(c3)C(=O)CC(C)(C)O4)sc2c1. The second-order valence-electron chi connectivity index (χ2n) is 6.65. The first-order valence-electron chi connectivity index (χ1n) is 8.01. The highest BCUT2D eigenvalue weighted by Crippen LogP contribution is 2.36. The van der Waals surface area contributed by atoms with E-state index in [1.807, 2.05) is 50.2 Å². The molecule has 25 heavy (non-hydrogen) atoms. The minimum Gasteiger partial charge on any atom is -0.497 e. The molecule has 0 unspecified atom stereocenters. The Bertz CT molecular complexity index is 978. The van der Waals surface area contributed by atoms with E-state index in [0.29, 0.717) is 17.7 Å². The van der Waals surface area contributed by atoms with Crippen LogP contribution in [-0.4, -0.2) is 23.5 Å². The maximum Gasteiger partial charge on any atom is 0.188 e. The second-order valence-corrected chi connectivity index (χ2v) is 7.68. The molecule has 0 bridgehead atoms. The van der Waals surface area contributed by atoms with E-state index in [9.17, 15) is 4.79 Å². The lowest BCUT2D eigenvalue weighted by Crippen LogP contribution is -2.35. The molecule has 1 aliphatic heterocycles. The number of ether oxygens (including phenoxy) is 2. The van der Waals surface area contributed by atoms with Crippen LogP contribution in [0.2, 0.25) is 0 Å². The van der Waals surface area contributed by atoms with Gasteiger partial charge in [-0.3, -0.25) is 4.79 Å². The fraction of sp³-hybridized carbons (Fsp3) is 0.263. The molecule has 0 saturated heterocycles. The maximum absolute atomic E-state index is 12.4. The summed E-state index contributed by atoms with van der Waals surface area (Å²) in [7, 11) is 1.65. The number of rotatable bonds is 3. The van der Waals surface area contributed by atoms with E-state index in [4.69, 9.17) is 9.47 Å². The predicted molar refractivity (Wildman–Crippen MR) is 99.6 cm³/mol. The van der Waals surface area contributed by atoms with E-state index in [2.05, 4.69) is 10.3 Å². The van der Waals surface area contributed by atoms with Crippen molar-refractivity contribution < 1.29 is 14.3 Å². The number of carbonyl (C=O) groups excluding carboxylic acids is 1. The third-order valence-electron chi connectivity index (χ3n) is 4.10. The van der Waals surface area contributed by atoms with Gasteiger partial charge in [0.05, 0.1) is 29.3 Å². The Hall–Kier alpha value is -2.60. The Labute approximate surface area is 149 Å². The molecule has 128 valence electrons. The van der Waals surface area contributed by atoms with Gasteiger partial charge < -0.3 is 14.8 Å². The first-order chi connectivity index (χ1) is 11.9. The standard InChI is InChI=1S/C19H18N2O3S/c1-19(2)10-15(22)13-8-11(4-7-16(13)24-19)20-18-21-14-6-5-12(23-3)9-17(14)25-18/h4-9H,10H2,1-3H3,(H,20,21). The van der Waals surface area contributed by atoms with Crippen LogP contribution in [0.1, 0.15) is 30.6 Å². The fourth-order valence-corrected chi connectivity index (χ4v) is 3.85. The maximum atomic E-state index is 12.4. The van der Waals surface area contributed by atoms with E-state index in [-0.39, 0.29) is 5.78 Å². The molecule has 3 aromatic rings. The van der Waals surface area contributed by atoms with Gasteiger partial charge in [-0.25, -0.2) is 4.98 Å². The second kappa shape index (κ2) is 5.74. The first kappa shape index (κ1) is 15.9. The minimum absolute atomic E-state index is 0.101. The third-order valence-corrected chi connectivity index (χ3v) is 5.03. The summed E-state index contributed by atoms with van der Waals surface area (Å²) in [4.78, 5) is 17.0. The van der Waals surface area contributed by atoms with Gasteiger partial charge in [0.25, 0.3) is 0 Å². The highest BCUT2D eigenvalue weighted by Gasteiger charge is 2.32. The molecular formula is C19H18N2O3S.